The molecule has 0 amide bonds. The minimum absolute atomic E-state index is 0.0126. The van der Waals surface area contributed by atoms with Gasteiger partial charge in [-0.1, -0.05) is 11.6 Å². The van der Waals surface area contributed by atoms with E-state index in [1.165, 1.54) is 10.9 Å². The first-order valence-corrected chi connectivity index (χ1v) is 7.90. The van der Waals surface area contributed by atoms with Crippen LogP contribution < -0.4 is 4.90 Å². The van der Waals surface area contributed by atoms with Gasteiger partial charge in [0.1, 0.15) is 10.8 Å². The Bertz CT molecular complexity index is 951. The van der Waals surface area contributed by atoms with E-state index >= 15 is 0 Å². The summed E-state index contributed by atoms with van der Waals surface area (Å²) in [6.45, 7) is 1.64. The third-order valence-corrected chi connectivity index (χ3v) is 4.16. The molecule has 4 heterocycles. The van der Waals surface area contributed by atoms with Crippen LogP contribution in [0.5, 0.6) is 0 Å². The molecule has 1 aliphatic heterocycles. The van der Waals surface area contributed by atoms with Crippen molar-refractivity contribution in [3.63, 3.8) is 0 Å². The van der Waals surface area contributed by atoms with Crippen molar-refractivity contribution in [2.45, 2.75) is 19.0 Å². The monoisotopic (exact) mass is 366 g/mol. The lowest BCUT2D eigenvalue weighted by atomic mass is 10.1. The second kappa shape index (κ2) is 5.57. The van der Waals surface area contributed by atoms with Gasteiger partial charge < -0.3 is 10.0 Å². The van der Waals surface area contributed by atoms with Crippen LogP contribution in [0.15, 0.2) is 24.5 Å². The Morgan fingerprint density at radius 1 is 1.32 bits per heavy atom. The molecule has 0 atom stereocenters. The Kier molecular flexibility index (Phi) is 3.58. The van der Waals surface area contributed by atoms with Gasteiger partial charge in [-0.15, -0.1) is 5.10 Å². The SMILES string of the molecule is CC(F)(F)c1ccnc(-n2nc(N3CC(O)C3)c3cnc(Cl)cc32)n1. The lowest BCUT2D eigenvalue weighted by molar-refractivity contribution is 0.0126. The van der Waals surface area contributed by atoms with Gasteiger partial charge in [0.15, 0.2) is 5.82 Å². The van der Waals surface area contributed by atoms with Gasteiger partial charge in [0.25, 0.3) is 11.9 Å². The van der Waals surface area contributed by atoms with E-state index in [2.05, 4.69) is 20.1 Å². The standard InChI is InChI=1S/C15H13ClF2N6O/c1-15(17,18)11-2-3-19-14(21-11)24-10-4-12(16)20-5-9(10)13(22-24)23-6-8(25)7-23/h2-5,8,25H,6-7H2,1H3. The Labute approximate surface area is 145 Å². The summed E-state index contributed by atoms with van der Waals surface area (Å²) in [5.74, 6) is -2.51. The number of hydrogen-bond donors (Lipinski definition) is 1. The van der Waals surface area contributed by atoms with Crippen molar-refractivity contribution in [2.75, 3.05) is 18.0 Å². The number of aliphatic hydroxyl groups excluding tert-OH is 1. The molecule has 3 aromatic heterocycles. The molecule has 1 N–H and O–H groups in total. The average Bonchev–Trinajstić information content (AvgIpc) is 2.89. The molecule has 0 aliphatic carbocycles. The zero-order valence-corrected chi connectivity index (χ0v) is 13.8. The summed E-state index contributed by atoms with van der Waals surface area (Å²) in [4.78, 5) is 13.9. The first kappa shape index (κ1) is 16.1. The summed E-state index contributed by atoms with van der Waals surface area (Å²) in [5, 5.41) is 14.9. The molecular weight excluding hydrogens is 354 g/mol. The maximum absolute atomic E-state index is 13.6. The van der Waals surface area contributed by atoms with Crippen LogP contribution in [-0.2, 0) is 5.92 Å². The molecule has 0 bridgehead atoms. The third-order valence-electron chi connectivity index (χ3n) is 3.96. The Morgan fingerprint density at radius 2 is 2.08 bits per heavy atom. The first-order chi connectivity index (χ1) is 11.8. The van der Waals surface area contributed by atoms with Crippen molar-refractivity contribution >= 4 is 28.3 Å². The molecule has 1 saturated heterocycles. The molecule has 0 aromatic carbocycles. The molecule has 7 nitrogen and oxygen atoms in total. The number of halogens is 3. The van der Waals surface area contributed by atoms with Gasteiger partial charge in [0, 0.05) is 38.5 Å². The smallest absolute Gasteiger partial charge is 0.287 e. The van der Waals surface area contributed by atoms with Crippen LogP contribution in [-0.4, -0.2) is 49.0 Å². The summed E-state index contributed by atoms with van der Waals surface area (Å²) in [5.41, 5.74) is 0.148. The molecular formula is C15H13ClF2N6O. The summed E-state index contributed by atoms with van der Waals surface area (Å²) < 4.78 is 28.5. The van der Waals surface area contributed by atoms with Gasteiger partial charge >= 0.3 is 0 Å². The number of aromatic nitrogens is 5. The van der Waals surface area contributed by atoms with Crippen molar-refractivity contribution in [3.8, 4) is 5.95 Å². The van der Waals surface area contributed by atoms with E-state index in [9.17, 15) is 13.9 Å². The molecule has 0 unspecified atom stereocenters. The zero-order valence-electron chi connectivity index (χ0n) is 13.1. The lowest BCUT2D eigenvalue weighted by Gasteiger charge is -2.36. The largest absolute Gasteiger partial charge is 0.389 e. The lowest BCUT2D eigenvalue weighted by Crippen LogP contribution is -2.51. The second-order valence-corrected chi connectivity index (χ2v) is 6.34. The fourth-order valence-electron chi connectivity index (χ4n) is 2.68. The normalized spacial score (nSPS) is 15.6. The van der Waals surface area contributed by atoms with Crippen molar-refractivity contribution in [3.05, 3.63) is 35.4 Å². The van der Waals surface area contributed by atoms with Gasteiger partial charge in [-0.25, -0.2) is 15.0 Å². The third kappa shape index (κ3) is 2.79. The van der Waals surface area contributed by atoms with Crippen molar-refractivity contribution in [1.29, 1.82) is 0 Å². The number of anilines is 1. The molecule has 10 heteroatoms. The Hall–Kier alpha value is -2.39. The van der Waals surface area contributed by atoms with Crippen LogP contribution in [0, 0.1) is 0 Å². The van der Waals surface area contributed by atoms with E-state index in [0.717, 1.165) is 13.0 Å². The number of β-amino-alcohol motifs (C(OH)–C–C–N with tert-alkyl or cyclic N) is 1. The minimum Gasteiger partial charge on any atom is -0.389 e. The van der Waals surface area contributed by atoms with E-state index in [4.69, 9.17) is 11.6 Å². The highest BCUT2D eigenvalue weighted by Gasteiger charge is 2.30. The van der Waals surface area contributed by atoms with Crippen LogP contribution in [0.2, 0.25) is 5.15 Å². The zero-order chi connectivity index (χ0) is 17.8. The van der Waals surface area contributed by atoms with Crippen LogP contribution in [0.1, 0.15) is 12.6 Å². The minimum atomic E-state index is -3.09. The van der Waals surface area contributed by atoms with Gasteiger partial charge in [-0.3, -0.25) is 0 Å². The van der Waals surface area contributed by atoms with Gasteiger partial charge in [0.2, 0.25) is 0 Å². The maximum atomic E-state index is 13.6. The fraction of sp³-hybridized carbons (Fsp3) is 0.333. The molecule has 3 aromatic rings. The molecule has 25 heavy (non-hydrogen) atoms. The van der Waals surface area contributed by atoms with Gasteiger partial charge in [-0.05, 0) is 6.07 Å². The van der Waals surface area contributed by atoms with E-state index in [-0.39, 0.29) is 11.1 Å². The summed E-state index contributed by atoms with van der Waals surface area (Å²) >= 11 is 5.98. The Balaban J connectivity index is 1.88. The summed E-state index contributed by atoms with van der Waals surface area (Å²) in [7, 11) is 0. The van der Waals surface area contributed by atoms with E-state index < -0.39 is 17.7 Å². The summed E-state index contributed by atoms with van der Waals surface area (Å²) in [6.07, 6.45) is 2.40. The molecule has 130 valence electrons. The number of fused-ring (bicyclic) bond motifs is 1. The molecule has 4 rings (SSSR count). The molecule has 1 fully saturated rings. The quantitative estimate of drug-likeness (QED) is 0.715. The van der Waals surface area contributed by atoms with Crippen LogP contribution in [0.3, 0.4) is 0 Å². The predicted octanol–water partition coefficient (Wildman–Crippen LogP) is 2.16. The molecule has 0 radical (unpaired) electrons. The topological polar surface area (TPSA) is 80.0 Å². The molecule has 0 spiro atoms. The highest BCUT2D eigenvalue weighted by Crippen LogP contribution is 2.32. The number of alkyl halides is 2. The van der Waals surface area contributed by atoms with E-state index in [1.54, 1.807) is 12.3 Å². The van der Waals surface area contributed by atoms with Crippen LogP contribution in [0.25, 0.3) is 16.9 Å². The van der Waals surface area contributed by atoms with Crippen LogP contribution >= 0.6 is 11.6 Å². The van der Waals surface area contributed by atoms with Crippen molar-refractivity contribution in [1.82, 2.24) is 24.7 Å². The van der Waals surface area contributed by atoms with Crippen molar-refractivity contribution < 1.29 is 13.9 Å². The number of aliphatic hydroxyl groups is 1. The molecule has 1 aliphatic rings. The highest BCUT2D eigenvalue weighted by atomic mass is 35.5. The average molecular weight is 367 g/mol. The Morgan fingerprint density at radius 3 is 2.76 bits per heavy atom. The highest BCUT2D eigenvalue weighted by molar-refractivity contribution is 6.30. The van der Waals surface area contributed by atoms with Crippen LogP contribution in [0.4, 0.5) is 14.6 Å². The number of pyridine rings is 1. The maximum Gasteiger partial charge on any atom is 0.287 e. The van der Waals surface area contributed by atoms with Gasteiger partial charge in [-0.2, -0.15) is 13.5 Å². The fourth-order valence-corrected chi connectivity index (χ4v) is 2.83. The predicted molar refractivity (Wildman–Crippen MR) is 87.3 cm³/mol. The number of rotatable bonds is 3. The first-order valence-electron chi connectivity index (χ1n) is 7.52. The van der Waals surface area contributed by atoms with Crippen molar-refractivity contribution in [2.24, 2.45) is 0 Å². The number of nitrogens with zero attached hydrogens (tertiary/aromatic N) is 6. The molecule has 0 saturated carbocycles. The van der Waals surface area contributed by atoms with Gasteiger partial charge in [0.05, 0.1) is 17.0 Å². The number of hydrogen-bond acceptors (Lipinski definition) is 6. The van der Waals surface area contributed by atoms with E-state index in [1.807, 2.05) is 4.90 Å². The second-order valence-electron chi connectivity index (χ2n) is 5.95. The van der Waals surface area contributed by atoms with E-state index in [0.29, 0.717) is 29.8 Å². The summed E-state index contributed by atoms with van der Waals surface area (Å²) in [6, 6.07) is 2.74.